The van der Waals surface area contributed by atoms with Gasteiger partial charge in [-0.15, -0.1) is 10.4 Å². The Bertz CT molecular complexity index is 917. The fourth-order valence-electron chi connectivity index (χ4n) is 1.17. The second-order valence-electron chi connectivity index (χ2n) is 4.05. The summed E-state index contributed by atoms with van der Waals surface area (Å²) in [6.45, 7) is 1.08. The van der Waals surface area contributed by atoms with Gasteiger partial charge in [-0.1, -0.05) is 11.6 Å². The number of carboxylic acids is 1. The number of anilines is 3. The van der Waals surface area contributed by atoms with Crippen molar-refractivity contribution >= 4 is 69.3 Å². The molecule has 8 N–H and O–H groups in total. The second kappa shape index (κ2) is 14.7. The number of nitrogen functional groups attached to an aromatic ring is 3. The van der Waals surface area contributed by atoms with E-state index >= 15 is 0 Å². The number of halogens is 3. The summed E-state index contributed by atoms with van der Waals surface area (Å²) in [5.41, 5.74) is 17.0. The zero-order valence-electron chi connectivity index (χ0n) is 14.7. The molecule has 3 heterocycles. The quantitative estimate of drug-likeness (QED) is 0.0791. The molecule has 3 aromatic rings. The van der Waals surface area contributed by atoms with Gasteiger partial charge in [0, 0.05) is 6.92 Å². The number of aromatic amines is 1. The first-order valence-electron chi connectivity index (χ1n) is 6.41. The van der Waals surface area contributed by atoms with Crippen LogP contribution in [0.2, 0.25) is 15.7 Å². The second-order valence-corrected chi connectivity index (χ2v) is 5.08. The number of aromatic nitrogens is 7. The predicted octanol–water partition coefficient (Wildman–Crippen LogP) is -1.72. The third-order valence-electron chi connectivity index (χ3n) is 2.08. The fraction of sp³-hybridized carbons (Fsp3) is 0.100. The fourth-order valence-corrected chi connectivity index (χ4v) is 1.74. The largest absolute Gasteiger partial charge is 1.00 e. The van der Waals surface area contributed by atoms with Gasteiger partial charge in [0.15, 0.2) is 22.3 Å². The van der Waals surface area contributed by atoms with Gasteiger partial charge in [-0.2, -0.15) is 25.3 Å². The van der Waals surface area contributed by atoms with Crippen molar-refractivity contribution in [2.24, 2.45) is 5.34 Å². The normalized spacial score (nSPS) is 8.69. The van der Waals surface area contributed by atoms with E-state index in [4.69, 9.17) is 72.0 Å². The van der Waals surface area contributed by atoms with Crippen molar-refractivity contribution in [2.75, 3.05) is 17.2 Å². The van der Waals surface area contributed by atoms with Crippen molar-refractivity contribution in [2.45, 2.75) is 6.92 Å². The van der Waals surface area contributed by atoms with Crippen LogP contribution < -0.4 is 46.8 Å². The van der Waals surface area contributed by atoms with Crippen molar-refractivity contribution in [3.05, 3.63) is 25.8 Å². The summed E-state index contributed by atoms with van der Waals surface area (Å²) in [6, 6.07) is 0. The first-order chi connectivity index (χ1) is 13.0. The molecule has 0 atom stereocenters. The van der Waals surface area contributed by atoms with Gasteiger partial charge in [-0.05, 0) is 23.2 Å². The van der Waals surface area contributed by atoms with Crippen LogP contribution in [-0.4, -0.2) is 46.4 Å². The molecule has 0 saturated heterocycles. The molecule has 0 aliphatic rings. The number of nitrogens with two attached hydrogens (primary N) is 3. The minimum atomic E-state index is -0.833. The minimum absolute atomic E-state index is 0. The smallest absolute Gasteiger partial charge is 0.481 e. The van der Waals surface area contributed by atoms with Gasteiger partial charge in [-0.3, -0.25) is 4.79 Å². The van der Waals surface area contributed by atoms with Crippen molar-refractivity contribution in [1.82, 2.24) is 35.3 Å². The van der Waals surface area contributed by atoms with Gasteiger partial charge in [0.2, 0.25) is 16.2 Å². The minimum Gasteiger partial charge on any atom is -0.481 e. The number of aliphatic carboxylic acids is 1. The third kappa shape index (κ3) is 11.3. The predicted molar refractivity (Wildman–Crippen MR) is 102 cm³/mol. The SMILES string of the molecule is CC(=O)O.Nc1nc(Cl)nc(Cl)c1N.Nc1nc(Cl)nc2n[nH]nc12.O=N[O-].[Na+]. The molecular formula is C10H11Cl3N11NaO4. The number of carbonyl (C=O) groups is 1. The molecule has 0 unspecified atom stereocenters. The van der Waals surface area contributed by atoms with Crippen molar-refractivity contribution < 1.29 is 39.5 Å². The van der Waals surface area contributed by atoms with E-state index in [1.54, 1.807) is 0 Å². The molecule has 29 heavy (non-hydrogen) atoms. The summed E-state index contributed by atoms with van der Waals surface area (Å²) in [6.07, 6.45) is 0. The van der Waals surface area contributed by atoms with Crippen molar-refractivity contribution in [3.8, 4) is 0 Å². The number of nitrogens with zero attached hydrogens (tertiary/aromatic N) is 7. The van der Waals surface area contributed by atoms with Gasteiger partial charge in [0.05, 0.1) is 0 Å². The monoisotopic (exact) mass is 477 g/mol. The molecule has 3 aromatic heterocycles. The zero-order chi connectivity index (χ0) is 21.9. The molecule has 152 valence electrons. The Morgan fingerprint density at radius 2 is 1.48 bits per heavy atom. The number of nitrogens with one attached hydrogen (secondary N) is 1. The Hall–Kier alpha value is -2.30. The summed E-state index contributed by atoms with van der Waals surface area (Å²) in [5, 5.41) is 26.3. The number of hydrogen-bond donors (Lipinski definition) is 5. The van der Waals surface area contributed by atoms with Gasteiger partial charge in [0.25, 0.3) is 5.97 Å². The van der Waals surface area contributed by atoms with E-state index in [-0.39, 0.29) is 62.6 Å². The average Bonchev–Trinajstić information content (AvgIpc) is 3.02. The third-order valence-corrected chi connectivity index (χ3v) is 2.71. The molecule has 15 nitrogen and oxygen atoms in total. The van der Waals surface area contributed by atoms with Crippen LogP contribution in [0, 0.1) is 10.1 Å². The number of rotatable bonds is 0. The van der Waals surface area contributed by atoms with Crippen molar-refractivity contribution in [3.63, 3.8) is 0 Å². The number of H-pyrrole nitrogens is 1. The summed E-state index contributed by atoms with van der Waals surface area (Å²) in [5.74, 6) is -0.501. The van der Waals surface area contributed by atoms with E-state index in [2.05, 4.69) is 35.3 Å². The maximum Gasteiger partial charge on any atom is 1.00 e. The van der Waals surface area contributed by atoms with Crippen LogP contribution in [0.25, 0.3) is 11.2 Å². The number of hydrogen-bond acceptors (Lipinski definition) is 13. The van der Waals surface area contributed by atoms with Crippen LogP contribution in [0.4, 0.5) is 17.3 Å². The van der Waals surface area contributed by atoms with Gasteiger partial charge in [0.1, 0.15) is 5.69 Å². The first-order valence-corrected chi connectivity index (χ1v) is 7.54. The van der Waals surface area contributed by atoms with Crippen LogP contribution in [0.1, 0.15) is 6.92 Å². The Morgan fingerprint density at radius 1 is 1.03 bits per heavy atom. The molecule has 0 fully saturated rings. The maximum atomic E-state index is 9.00. The molecule has 0 saturated carbocycles. The molecule has 0 amide bonds. The Labute approximate surface area is 198 Å². The Kier molecular flexibility index (Phi) is 14.6. The van der Waals surface area contributed by atoms with E-state index < -0.39 is 5.97 Å². The van der Waals surface area contributed by atoms with E-state index in [0.717, 1.165) is 12.3 Å². The molecular weight excluding hydrogens is 468 g/mol. The van der Waals surface area contributed by atoms with E-state index in [9.17, 15) is 0 Å². The summed E-state index contributed by atoms with van der Waals surface area (Å²) < 4.78 is 0. The van der Waals surface area contributed by atoms with Crippen LogP contribution in [0.3, 0.4) is 0 Å². The van der Waals surface area contributed by atoms with Gasteiger partial charge >= 0.3 is 29.6 Å². The van der Waals surface area contributed by atoms with Crippen LogP contribution in [0.5, 0.6) is 0 Å². The summed E-state index contributed by atoms with van der Waals surface area (Å²) in [4.78, 5) is 31.6. The molecule has 0 spiro atoms. The molecule has 0 radical (unpaired) electrons. The Balaban J connectivity index is 0. The molecule has 0 aliphatic heterocycles. The van der Waals surface area contributed by atoms with Crippen molar-refractivity contribution in [1.29, 1.82) is 0 Å². The molecule has 19 heteroatoms. The van der Waals surface area contributed by atoms with Crippen LogP contribution in [0.15, 0.2) is 5.34 Å². The zero-order valence-corrected chi connectivity index (χ0v) is 18.9. The molecule has 0 aliphatic carbocycles. The van der Waals surface area contributed by atoms with Gasteiger partial charge < -0.3 is 32.4 Å². The molecule has 0 aromatic carbocycles. The molecule has 0 bridgehead atoms. The van der Waals surface area contributed by atoms with Gasteiger partial charge in [-0.25, -0.2) is 4.98 Å². The molecule has 3 rings (SSSR count). The maximum absolute atomic E-state index is 9.00. The average molecular weight is 479 g/mol. The standard InChI is InChI=1S/C4H4Cl2N4.C4H3ClN6.C2H4O2.HNO2.Na/c5-2-1(7)3(8)10-4(6)9-2;5-4-7-2(6)1-3(8-4)10-11-9-1;1-2(3)4;2-1-3;/h7H2,(H2,8,9,10);(H3,6,7,8,9,10,11);1H3,(H,3,4);(H,2,3);/q;;;;+1/p-1. The van der Waals surface area contributed by atoms with E-state index in [1.807, 2.05) is 0 Å². The topological polar surface area (TPSA) is 261 Å². The van der Waals surface area contributed by atoms with E-state index in [0.29, 0.717) is 11.2 Å². The number of fused-ring (bicyclic) bond motifs is 1. The van der Waals surface area contributed by atoms with Crippen LogP contribution in [-0.2, 0) is 4.79 Å². The van der Waals surface area contributed by atoms with E-state index in [1.165, 1.54) is 0 Å². The summed E-state index contributed by atoms with van der Waals surface area (Å²) in [7, 11) is 0. The first kappa shape index (κ1) is 28.9. The van der Waals surface area contributed by atoms with Crippen LogP contribution >= 0.6 is 34.8 Å². The summed E-state index contributed by atoms with van der Waals surface area (Å²) >= 11 is 16.4. The number of carboxylic acid groups (broad SMARTS) is 1. The Morgan fingerprint density at radius 3 is 1.97 bits per heavy atom.